The number of anilines is 1. The minimum absolute atomic E-state index is 0.439. The van der Waals surface area contributed by atoms with Gasteiger partial charge in [-0.2, -0.15) is 4.91 Å². The molecule has 0 N–H and O–H groups in total. The molecule has 0 aliphatic rings. The van der Waals surface area contributed by atoms with Crippen molar-refractivity contribution in [3.8, 4) is 0 Å². The van der Waals surface area contributed by atoms with Crippen molar-refractivity contribution in [1.82, 2.24) is 0 Å². The maximum Gasteiger partial charge on any atom is 0.0811 e. The van der Waals surface area contributed by atoms with Crippen molar-refractivity contribution in [2.75, 3.05) is 24.5 Å². The number of nitrogens with zero attached hydrogens (tertiary/aromatic N) is 2. The topological polar surface area (TPSA) is 32.7 Å². The van der Waals surface area contributed by atoms with Crippen LogP contribution in [0.3, 0.4) is 0 Å². The molecule has 3 nitrogen and oxygen atoms in total. The van der Waals surface area contributed by atoms with E-state index < -0.39 is 0 Å². The van der Waals surface area contributed by atoms with E-state index >= 15 is 0 Å². The van der Waals surface area contributed by atoms with Gasteiger partial charge in [-0.25, -0.2) is 0 Å². The average molecular weight is 220 g/mol. The minimum atomic E-state index is 0.439. The van der Waals surface area contributed by atoms with Gasteiger partial charge in [-0.1, -0.05) is 30.3 Å². The van der Waals surface area contributed by atoms with Crippen LogP contribution < -0.4 is 4.90 Å². The van der Waals surface area contributed by atoms with Crippen molar-refractivity contribution in [2.45, 2.75) is 26.2 Å². The SMILES string of the molecule is CCCN(CCCCN=O)c1ccccc1. The van der Waals surface area contributed by atoms with Gasteiger partial charge in [-0.15, -0.1) is 0 Å². The number of nitroso groups, excluding NO2 is 1. The fourth-order valence-corrected chi connectivity index (χ4v) is 1.76. The number of unbranched alkanes of at least 4 members (excludes halogenated alkanes) is 1. The monoisotopic (exact) mass is 220 g/mol. The second kappa shape index (κ2) is 7.85. The molecule has 0 radical (unpaired) electrons. The number of hydrogen-bond acceptors (Lipinski definition) is 3. The standard InChI is InChI=1S/C13H20N2O/c1-2-11-15(12-7-6-10-14-16)13-8-4-3-5-9-13/h3-5,8-9H,2,6-7,10-12H2,1H3. The molecule has 0 bridgehead atoms. The number of para-hydroxylation sites is 1. The van der Waals surface area contributed by atoms with E-state index in [4.69, 9.17) is 0 Å². The molecule has 0 saturated carbocycles. The van der Waals surface area contributed by atoms with Crippen LogP contribution in [0.4, 0.5) is 5.69 Å². The molecular weight excluding hydrogens is 200 g/mol. The Hall–Kier alpha value is -1.38. The molecule has 0 atom stereocenters. The first-order valence-electron chi connectivity index (χ1n) is 5.97. The number of hydrogen-bond donors (Lipinski definition) is 0. The lowest BCUT2D eigenvalue weighted by molar-refractivity contribution is 0.683. The second-order valence-corrected chi connectivity index (χ2v) is 3.88. The largest absolute Gasteiger partial charge is 0.372 e. The molecule has 0 aromatic heterocycles. The van der Waals surface area contributed by atoms with Crippen molar-refractivity contribution < 1.29 is 0 Å². The summed E-state index contributed by atoms with van der Waals surface area (Å²) in [5, 5.41) is 2.88. The van der Waals surface area contributed by atoms with Gasteiger partial charge in [0.2, 0.25) is 0 Å². The third-order valence-corrected chi connectivity index (χ3v) is 2.54. The molecule has 0 unspecified atom stereocenters. The summed E-state index contributed by atoms with van der Waals surface area (Å²) in [6.07, 6.45) is 3.05. The van der Waals surface area contributed by atoms with E-state index in [1.807, 2.05) is 6.07 Å². The molecule has 0 aliphatic heterocycles. The molecule has 0 heterocycles. The molecule has 1 aromatic rings. The Bertz CT molecular complexity index is 287. The first-order valence-corrected chi connectivity index (χ1v) is 5.97. The van der Waals surface area contributed by atoms with E-state index in [9.17, 15) is 4.91 Å². The molecule has 88 valence electrons. The summed E-state index contributed by atoms with van der Waals surface area (Å²) in [6.45, 7) is 4.70. The summed E-state index contributed by atoms with van der Waals surface area (Å²) in [5.41, 5.74) is 1.27. The van der Waals surface area contributed by atoms with Crippen LogP contribution in [-0.4, -0.2) is 19.6 Å². The van der Waals surface area contributed by atoms with E-state index in [0.717, 1.165) is 32.4 Å². The third-order valence-electron chi connectivity index (χ3n) is 2.54. The van der Waals surface area contributed by atoms with Gasteiger partial charge in [0.15, 0.2) is 0 Å². The molecule has 3 heteroatoms. The van der Waals surface area contributed by atoms with Gasteiger partial charge in [0.05, 0.1) is 6.54 Å². The molecular formula is C13H20N2O. The lowest BCUT2D eigenvalue weighted by Gasteiger charge is -2.24. The van der Waals surface area contributed by atoms with Crippen LogP contribution in [0.2, 0.25) is 0 Å². The van der Waals surface area contributed by atoms with Crippen molar-refractivity contribution in [3.05, 3.63) is 35.2 Å². The van der Waals surface area contributed by atoms with Gasteiger partial charge in [0, 0.05) is 18.8 Å². The maximum absolute atomic E-state index is 9.98. The molecule has 0 amide bonds. The molecule has 0 fully saturated rings. The first kappa shape index (κ1) is 12.7. The molecule has 0 saturated heterocycles. The van der Waals surface area contributed by atoms with Crippen LogP contribution in [0.1, 0.15) is 26.2 Å². The van der Waals surface area contributed by atoms with E-state index in [1.54, 1.807) is 0 Å². The Labute approximate surface area is 97.4 Å². The van der Waals surface area contributed by atoms with Crippen LogP contribution in [0.5, 0.6) is 0 Å². The predicted octanol–water partition coefficient (Wildman–Crippen LogP) is 3.45. The second-order valence-electron chi connectivity index (χ2n) is 3.88. The Kier molecular flexibility index (Phi) is 6.23. The fourth-order valence-electron chi connectivity index (χ4n) is 1.76. The lowest BCUT2D eigenvalue weighted by Crippen LogP contribution is -2.25. The molecule has 1 aromatic carbocycles. The molecule has 0 aliphatic carbocycles. The minimum Gasteiger partial charge on any atom is -0.372 e. The maximum atomic E-state index is 9.98. The zero-order valence-corrected chi connectivity index (χ0v) is 9.93. The highest BCUT2D eigenvalue weighted by atomic mass is 16.3. The molecule has 1 rings (SSSR count). The first-order chi connectivity index (χ1) is 7.88. The van der Waals surface area contributed by atoms with Crippen LogP contribution >= 0.6 is 0 Å². The molecule has 16 heavy (non-hydrogen) atoms. The van der Waals surface area contributed by atoms with Gasteiger partial charge in [-0.05, 0) is 31.4 Å². The van der Waals surface area contributed by atoms with Gasteiger partial charge in [-0.3, -0.25) is 0 Å². The lowest BCUT2D eigenvalue weighted by atomic mass is 10.2. The highest BCUT2D eigenvalue weighted by Gasteiger charge is 2.03. The fraction of sp³-hybridized carbons (Fsp3) is 0.538. The zero-order chi connectivity index (χ0) is 11.6. The third kappa shape index (κ3) is 4.43. The van der Waals surface area contributed by atoms with Crippen molar-refractivity contribution >= 4 is 5.69 Å². The highest BCUT2D eigenvalue weighted by molar-refractivity contribution is 5.45. The highest BCUT2D eigenvalue weighted by Crippen LogP contribution is 2.14. The summed E-state index contributed by atoms with van der Waals surface area (Å²) >= 11 is 0. The number of benzene rings is 1. The van der Waals surface area contributed by atoms with Crippen LogP contribution in [0.15, 0.2) is 35.5 Å². The van der Waals surface area contributed by atoms with Gasteiger partial charge < -0.3 is 4.90 Å². The summed E-state index contributed by atoms with van der Waals surface area (Å²) in [5.74, 6) is 0. The van der Waals surface area contributed by atoms with Crippen LogP contribution in [-0.2, 0) is 0 Å². The Morgan fingerprint density at radius 3 is 2.50 bits per heavy atom. The van der Waals surface area contributed by atoms with Crippen LogP contribution in [0, 0.1) is 4.91 Å². The van der Waals surface area contributed by atoms with Crippen molar-refractivity contribution in [1.29, 1.82) is 0 Å². The summed E-state index contributed by atoms with van der Waals surface area (Å²) in [4.78, 5) is 12.3. The van der Waals surface area contributed by atoms with Gasteiger partial charge >= 0.3 is 0 Å². The predicted molar refractivity (Wildman–Crippen MR) is 68.8 cm³/mol. The van der Waals surface area contributed by atoms with E-state index in [2.05, 4.69) is 41.3 Å². The Balaban J connectivity index is 2.44. The normalized spacial score (nSPS) is 10.1. The smallest absolute Gasteiger partial charge is 0.0811 e. The van der Waals surface area contributed by atoms with Crippen LogP contribution in [0.25, 0.3) is 0 Å². The summed E-state index contributed by atoms with van der Waals surface area (Å²) in [6, 6.07) is 10.4. The summed E-state index contributed by atoms with van der Waals surface area (Å²) < 4.78 is 0. The average Bonchev–Trinajstić information content (AvgIpc) is 2.34. The van der Waals surface area contributed by atoms with Gasteiger partial charge in [0.1, 0.15) is 0 Å². The van der Waals surface area contributed by atoms with E-state index in [0.29, 0.717) is 6.54 Å². The number of rotatable bonds is 8. The summed E-state index contributed by atoms with van der Waals surface area (Å²) in [7, 11) is 0. The Morgan fingerprint density at radius 2 is 1.88 bits per heavy atom. The van der Waals surface area contributed by atoms with E-state index in [-0.39, 0.29) is 0 Å². The van der Waals surface area contributed by atoms with E-state index in [1.165, 1.54) is 5.69 Å². The van der Waals surface area contributed by atoms with Gasteiger partial charge in [0.25, 0.3) is 0 Å². The Morgan fingerprint density at radius 1 is 1.12 bits per heavy atom. The zero-order valence-electron chi connectivity index (χ0n) is 9.93. The molecule has 0 spiro atoms. The van der Waals surface area contributed by atoms with Crippen molar-refractivity contribution in [2.24, 2.45) is 5.18 Å². The van der Waals surface area contributed by atoms with Crippen molar-refractivity contribution in [3.63, 3.8) is 0 Å². The quantitative estimate of drug-likeness (QED) is 0.496.